The van der Waals surface area contributed by atoms with Crippen molar-refractivity contribution in [3.63, 3.8) is 0 Å². The number of carbonyl (C=O) groups is 1. The normalized spacial score (nSPS) is 12.0. The number of pyridine rings is 1. The third kappa shape index (κ3) is 5.58. The topological polar surface area (TPSA) is 68.0 Å². The fourth-order valence-corrected chi connectivity index (χ4v) is 3.63. The van der Waals surface area contributed by atoms with Gasteiger partial charge in [-0.2, -0.15) is 0 Å². The molecule has 7 heteroatoms. The van der Waals surface area contributed by atoms with E-state index in [1.54, 1.807) is 18.3 Å². The second-order valence-electron chi connectivity index (χ2n) is 6.28. The van der Waals surface area contributed by atoms with E-state index in [9.17, 15) is 4.79 Å². The zero-order chi connectivity index (χ0) is 19.2. The van der Waals surface area contributed by atoms with Crippen LogP contribution in [0.1, 0.15) is 34.3 Å². The highest BCUT2D eigenvalue weighted by atomic mass is 35.5. The van der Waals surface area contributed by atoms with Crippen LogP contribution in [0.4, 0.5) is 0 Å². The van der Waals surface area contributed by atoms with Crippen LogP contribution in [0.3, 0.4) is 0 Å². The molecule has 1 atom stereocenters. The molecule has 3 aromatic rings. The van der Waals surface area contributed by atoms with E-state index >= 15 is 0 Å². The summed E-state index contributed by atoms with van der Waals surface area (Å²) in [6.07, 6.45) is 2.41. The Labute approximate surface area is 167 Å². The maximum Gasteiger partial charge on any atom is 0.254 e. The van der Waals surface area contributed by atoms with Crippen molar-refractivity contribution in [2.45, 2.75) is 37.1 Å². The van der Waals surface area contributed by atoms with Gasteiger partial charge in [0.15, 0.2) is 0 Å². The Morgan fingerprint density at radius 2 is 2.07 bits per heavy atom. The van der Waals surface area contributed by atoms with E-state index in [1.165, 1.54) is 11.8 Å². The summed E-state index contributed by atoms with van der Waals surface area (Å²) in [5, 5.41) is 8.39. The first-order valence-corrected chi connectivity index (χ1v) is 9.93. The largest absolute Gasteiger partial charge is 0.361 e. The molecule has 0 aliphatic rings. The van der Waals surface area contributed by atoms with Crippen molar-refractivity contribution < 1.29 is 9.32 Å². The van der Waals surface area contributed by atoms with E-state index in [0.717, 1.165) is 23.4 Å². The molecule has 2 aromatic heterocycles. The summed E-state index contributed by atoms with van der Waals surface area (Å²) in [5.41, 5.74) is 2.51. The van der Waals surface area contributed by atoms with Gasteiger partial charge in [0.25, 0.3) is 5.91 Å². The van der Waals surface area contributed by atoms with Crippen molar-refractivity contribution in [1.82, 2.24) is 15.5 Å². The van der Waals surface area contributed by atoms with Gasteiger partial charge in [-0.3, -0.25) is 4.79 Å². The second kappa shape index (κ2) is 9.06. The SMILES string of the molecule is Cc1cc(CSc2ncccc2C(=O)N[C@@H](C)Cc2ccc(Cl)cc2)no1. The third-order valence-electron chi connectivity index (χ3n) is 3.88. The lowest BCUT2D eigenvalue weighted by Crippen LogP contribution is -2.34. The Balaban J connectivity index is 1.62. The second-order valence-corrected chi connectivity index (χ2v) is 7.68. The molecule has 2 heterocycles. The zero-order valence-corrected chi connectivity index (χ0v) is 16.7. The molecule has 140 valence electrons. The molecule has 5 nitrogen and oxygen atoms in total. The number of benzene rings is 1. The molecular weight excluding hydrogens is 382 g/mol. The monoisotopic (exact) mass is 401 g/mol. The van der Waals surface area contributed by atoms with Crippen molar-refractivity contribution in [3.05, 3.63) is 76.3 Å². The summed E-state index contributed by atoms with van der Waals surface area (Å²) in [6, 6.07) is 13.1. The summed E-state index contributed by atoms with van der Waals surface area (Å²) < 4.78 is 5.08. The van der Waals surface area contributed by atoms with Crippen molar-refractivity contribution in [1.29, 1.82) is 0 Å². The summed E-state index contributed by atoms with van der Waals surface area (Å²) in [6.45, 7) is 3.83. The Hall–Kier alpha value is -2.31. The number of thioether (sulfide) groups is 1. The standard InChI is InChI=1S/C20H20ClN3O2S/c1-13(10-15-5-7-16(21)8-6-15)23-19(25)18-4-3-9-22-20(18)27-12-17-11-14(2)26-24-17/h3-9,11,13H,10,12H2,1-2H3,(H,23,25)/t13-/m0/s1. The first-order valence-electron chi connectivity index (χ1n) is 8.56. The highest BCUT2D eigenvalue weighted by molar-refractivity contribution is 7.98. The summed E-state index contributed by atoms with van der Waals surface area (Å²) in [4.78, 5) is 17.1. The van der Waals surface area contributed by atoms with Gasteiger partial charge >= 0.3 is 0 Å². The lowest BCUT2D eigenvalue weighted by molar-refractivity contribution is 0.0936. The molecule has 0 aliphatic carbocycles. The molecule has 0 unspecified atom stereocenters. The maximum atomic E-state index is 12.7. The minimum atomic E-state index is -0.136. The van der Waals surface area contributed by atoms with Crippen molar-refractivity contribution in [3.8, 4) is 0 Å². The summed E-state index contributed by atoms with van der Waals surface area (Å²) in [5.74, 6) is 1.22. The molecule has 0 bridgehead atoms. The van der Waals surface area contributed by atoms with Gasteiger partial charge in [-0.25, -0.2) is 4.98 Å². The van der Waals surface area contributed by atoms with Gasteiger partial charge in [0.05, 0.1) is 11.3 Å². The molecule has 27 heavy (non-hydrogen) atoms. The van der Waals surface area contributed by atoms with Crippen LogP contribution in [-0.4, -0.2) is 22.1 Å². The molecular formula is C20H20ClN3O2S. The maximum absolute atomic E-state index is 12.7. The first kappa shape index (κ1) is 19.5. The van der Waals surface area contributed by atoms with Gasteiger partial charge in [0, 0.05) is 29.1 Å². The molecule has 3 rings (SSSR count). The predicted molar refractivity (Wildman–Crippen MR) is 107 cm³/mol. The minimum Gasteiger partial charge on any atom is -0.361 e. The number of carbonyl (C=O) groups excluding carboxylic acids is 1. The van der Waals surface area contributed by atoms with Crippen LogP contribution in [0.15, 0.2) is 58.2 Å². The van der Waals surface area contributed by atoms with E-state index in [-0.39, 0.29) is 11.9 Å². The van der Waals surface area contributed by atoms with Crippen molar-refractivity contribution >= 4 is 29.3 Å². The van der Waals surface area contributed by atoms with Gasteiger partial charge in [0.2, 0.25) is 0 Å². The molecule has 0 saturated carbocycles. The van der Waals surface area contributed by atoms with Crippen LogP contribution in [0.5, 0.6) is 0 Å². The average molecular weight is 402 g/mol. The minimum absolute atomic E-state index is 0.0186. The van der Waals surface area contributed by atoms with Crippen molar-refractivity contribution in [2.75, 3.05) is 0 Å². The van der Waals surface area contributed by atoms with E-state index < -0.39 is 0 Å². The van der Waals surface area contributed by atoms with Crippen LogP contribution < -0.4 is 5.32 Å². The molecule has 1 amide bonds. The zero-order valence-electron chi connectivity index (χ0n) is 15.1. The number of nitrogens with one attached hydrogen (secondary N) is 1. The number of rotatable bonds is 7. The molecule has 0 radical (unpaired) electrons. The van der Waals surface area contributed by atoms with Crippen LogP contribution in [0.25, 0.3) is 0 Å². The number of nitrogens with zero attached hydrogens (tertiary/aromatic N) is 2. The lowest BCUT2D eigenvalue weighted by Gasteiger charge is -2.15. The van der Waals surface area contributed by atoms with Gasteiger partial charge in [-0.05, 0) is 50.1 Å². The van der Waals surface area contributed by atoms with E-state index in [0.29, 0.717) is 21.4 Å². The number of hydrogen-bond donors (Lipinski definition) is 1. The number of halogens is 1. The first-order chi connectivity index (χ1) is 13.0. The molecule has 0 saturated heterocycles. The van der Waals surface area contributed by atoms with E-state index in [1.807, 2.05) is 44.2 Å². The van der Waals surface area contributed by atoms with Crippen LogP contribution in [0.2, 0.25) is 5.02 Å². The van der Waals surface area contributed by atoms with Gasteiger partial charge in [0.1, 0.15) is 10.8 Å². The Bertz CT molecular complexity index is 912. The average Bonchev–Trinajstić information content (AvgIpc) is 3.07. The highest BCUT2D eigenvalue weighted by Crippen LogP contribution is 2.24. The van der Waals surface area contributed by atoms with Gasteiger partial charge in [-0.1, -0.05) is 40.7 Å². The summed E-state index contributed by atoms with van der Waals surface area (Å²) >= 11 is 7.38. The molecule has 0 fully saturated rings. The van der Waals surface area contributed by atoms with Crippen LogP contribution in [0, 0.1) is 6.92 Å². The number of amides is 1. The highest BCUT2D eigenvalue weighted by Gasteiger charge is 2.16. The summed E-state index contributed by atoms with van der Waals surface area (Å²) in [7, 11) is 0. The van der Waals surface area contributed by atoms with E-state index in [2.05, 4.69) is 15.5 Å². The van der Waals surface area contributed by atoms with Crippen LogP contribution in [-0.2, 0) is 12.2 Å². The smallest absolute Gasteiger partial charge is 0.254 e. The predicted octanol–water partition coefficient (Wildman–Crippen LogP) is 4.68. The number of hydrogen-bond acceptors (Lipinski definition) is 5. The fourth-order valence-electron chi connectivity index (χ4n) is 2.63. The van der Waals surface area contributed by atoms with Crippen LogP contribution >= 0.6 is 23.4 Å². The van der Waals surface area contributed by atoms with Gasteiger partial charge in [-0.15, -0.1) is 0 Å². The molecule has 1 aromatic carbocycles. The van der Waals surface area contributed by atoms with E-state index in [4.69, 9.17) is 16.1 Å². The third-order valence-corrected chi connectivity index (χ3v) is 5.17. The van der Waals surface area contributed by atoms with Crippen molar-refractivity contribution in [2.24, 2.45) is 0 Å². The fraction of sp³-hybridized carbons (Fsp3) is 0.250. The molecule has 0 spiro atoms. The Kier molecular flexibility index (Phi) is 6.53. The quantitative estimate of drug-likeness (QED) is 0.582. The molecule has 1 N–H and O–H groups in total. The number of aromatic nitrogens is 2. The van der Waals surface area contributed by atoms with Gasteiger partial charge < -0.3 is 9.84 Å². The Morgan fingerprint density at radius 1 is 1.30 bits per heavy atom. The lowest BCUT2D eigenvalue weighted by atomic mass is 10.1. The number of aryl methyl sites for hydroxylation is 1. The Morgan fingerprint density at radius 3 is 2.78 bits per heavy atom. The molecule has 0 aliphatic heterocycles.